The Bertz CT molecular complexity index is 1920. The lowest BCUT2D eigenvalue weighted by atomic mass is 9.78. The van der Waals surface area contributed by atoms with Gasteiger partial charge in [0.2, 0.25) is 0 Å². The van der Waals surface area contributed by atoms with E-state index in [1.807, 2.05) is 12.1 Å². The van der Waals surface area contributed by atoms with Gasteiger partial charge in [0.25, 0.3) is 0 Å². The van der Waals surface area contributed by atoms with E-state index in [0.29, 0.717) is 0 Å². The van der Waals surface area contributed by atoms with Gasteiger partial charge in [-0.1, -0.05) is 30.3 Å². The molecule has 4 heterocycles. The van der Waals surface area contributed by atoms with Crippen LogP contribution in [0.5, 0.6) is 0 Å². The van der Waals surface area contributed by atoms with E-state index < -0.39 is 18.3 Å². The lowest BCUT2D eigenvalue weighted by Gasteiger charge is -2.32. The first kappa shape index (κ1) is 19.3. The van der Waals surface area contributed by atoms with Gasteiger partial charge in [-0.15, -0.1) is 11.3 Å². The summed E-state index contributed by atoms with van der Waals surface area (Å²) in [4.78, 5) is 0. The summed E-state index contributed by atoms with van der Waals surface area (Å²) < 4.78 is 28.7. The van der Waals surface area contributed by atoms with E-state index in [1.165, 1.54) is 20.2 Å². The van der Waals surface area contributed by atoms with E-state index in [1.54, 1.807) is 11.3 Å². The summed E-state index contributed by atoms with van der Waals surface area (Å²) in [6.45, 7) is 8.30. The fraction of sp³-hybridized carbons (Fsp3) is 0.214. The zero-order valence-electron chi connectivity index (χ0n) is 19.3. The summed E-state index contributed by atoms with van der Waals surface area (Å²) >= 11 is 1.80. The molecule has 0 bridgehead atoms. The van der Waals surface area contributed by atoms with Gasteiger partial charge in [0.15, 0.2) is 0 Å². The smallest absolute Gasteiger partial charge is 0.456 e. The van der Waals surface area contributed by atoms with E-state index in [9.17, 15) is 0 Å². The van der Waals surface area contributed by atoms with Crippen molar-refractivity contribution in [3.8, 4) is 0 Å². The molecule has 1 fully saturated rings. The summed E-state index contributed by atoms with van der Waals surface area (Å²) in [5.41, 5.74) is 3.35. The van der Waals surface area contributed by atoms with Gasteiger partial charge in [-0.25, -0.2) is 0 Å². The molecule has 7 aromatic rings. The van der Waals surface area contributed by atoms with E-state index >= 15 is 0 Å². The molecule has 0 saturated carbocycles. The SMILES string of the molecule is CC1(C)OB(c2ccc3oc4ccc5sc6cc7ccccc7c7oc2c3c4c5c67)OC1(C)C. The predicted molar refractivity (Wildman–Crippen MR) is 141 cm³/mol. The fourth-order valence-electron chi connectivity index (χ4n) is 5.45. The van der Waals surface area contributed by atoms with Gasteiger partial charge < -0.3 is 18.1 Å². The van der Waals surface area contributed by atoms with Crippen LogP contribution in [0, 0.1) is 0 Å². The molecule has 0 spiro atoms. The summed E-state index contributed by atoms with van der Waals surface area (Å²) in [6.07, 6.45) is 0. The van der Waals surface area contributed by atoms with Crippen molar-refractivity contribution < 1.29 is 18.1 Å². The Morgan fingerprint density at radius 1 is 0.676 bits per heavy atom. The third-order valence-corrected chi connectivity index (χ3v) is 9.00. The molecule has 8 rings (SSSR count). The van der Waals surface area contributed by atoms with Gasteiger partial charge in [0, 0.05) is 36.4 Å². The van der Waals surface area contributed by atoms with Crippen LogP contribution >= 0.6 is 11.3 Å². The van der Waals surface area contributed by atoms with Gasteiger partial charge in [0.05, 0.1) is 16.6 Å². The van der Waals surface area contributed by atoms with Gasteiger partial charge in [-0.05, 0) is 57.3 Å². The molecule has 0 N–H and O–H groups in total. The number of thiophene rings is 1. The standard InChI is InChI=1S/C28H21BO4S/c1-27(2)28(3,4)33-29(32-27)16-9-10-18-22-21-17(30-18)11-12-19-23(21)24-20(34-19)13-14-7-5-6-8-15(14)25(24)31-26(16)22/h5-13H,1-4H3. The molecule has 1 saturated heterocycles. The van der Waals surface area contributed by atoms with Crippen LogP contribution in [0.1, 0.15) is 27.7 Å². The van der Waals surface area contributed by atoms with E-state index in [0.717, 1.165) is 49.3 Å². The molecule has 0 unspecified atom stereocenters. The van der Waals surface area contributed by atoms with Gasteiger partial charge in [-0.3, -0.25) is 0 Å². The minimum Gasteiger partial charge on any atom is -0.456 e. The highest BCUT2D eigenvalue weighted by molar-refractivity contribution is 7.26. The third kappa shape index (κ3) is 2.22. The van der Waals surface area contributed by atoms with Crippen LogP contribution < -0.4 is 5.46 Å². The number of fused-ring (bicyclic) bond motifs is 2. The molecule has 0 radical (unpaired) electrons. The van der Waals surface area contributed by atoms with Gasteiger partial charge in [0.1, 0.15) is 22.3 Å². The summed E-state index contributed by atoms with van der Waals surface area (Å²) in [7, 11) is -0.533. The second-order valence-electron chi connectivity index (χ2n) is 10.4. The van der Waals surface area contributed by atoms with Gasteiger partial charge in [-0.2, -0.15) is 0 Å². The average molecular weight is 464 g/mol. The monoisotopic (exact) mass is 464 g/mol. The lowest BCUT2D eigenvalue weighted by molar-refractivity contribution is 0.00578. The number of benzene rings is 4. The molecule has 34 heavy (non-hydrogen) atoms. The number of furan rings is 1. The van der Waals surface area contributed by atoms with Crippen molar-refractivity contribution >= 4 is 88.0 Å². The second-order valence-corrected chi connectivity index (χ2v) is 11.4. The molecular formula is C28H21BO4S. The average Bonchev–Trinajstić information content (AvgIpc) is 3.37. The van der Waals surface area contributed by atoms with Crippen molar-refractivity contribution in [3.63, 3.8) is 0 Å². The van der Waals surface area contributed by atoms with Crippen molar-refractivity contribution in [1.82, 2.24) is 0 Å². The van der Waals surface area contributed by atoms with Crippen LogP contribution in [0.15, 0.2) is 63.4 Å². The third-order valence-electron chi connectivity index (χ3n) is 7.90. The number of rotatable bonds is 1. The minimum atomic E-state index is -0.533. The predicted octanol–water partition coefficient (Wildman–Crippen LogP) is 7.59. The lowest BCUT2D eigenvalue weighted by Crippen LogP contribution is -2.41. The molecule has 0 amide bonds. The van der Waals surface area contributed by atoms with Crippen molar-refractivity contribution in [2.75, 3.05) is 0 Å². The van der Waals surface area contributed by atoms with Crippen LogP contribution in [-0.2, 0) is 9.31 Å². The van der Waals surface area contributed by atoms with Gasteiger partial charge >= 0.3 is 7.12 Å². The highest BCUT2D eigenvalue weighted by atomic mass is 32.1. The van der Waals surface area contributed by atoms with Crippen LogP contribution in [0.4, 0.5) is 0 Å². The molecule has 3 aromatic heterocycles. The Balaban J connectivity index is 1.62. The maximum atomic E-state index is 6.95. The Kier molecular flexibility index (Phi) is 3.37. The van der Waals surface area contributed by atoms with Crippen molar-refractivity contribution in [2.24, 2.45) is 0 Å². The molecule has 0 atom stereocenters. The topological polar surface area (TPSA) is 44.7 Å². The van der Waals surface area contributed by atoms with Crippen LogP contribution in [-0.4, -0.2) is 18.3 Å². The molecule has 6 heteroatoms. The fourth-order valence-corrected chi connectivity index (χ4v) is 6.61. The van der Waals surface area contributed by atoms with Crippen LogP contribution in [0.3, 0.4) is 0 Å². The molecule has 1 aliphatic rings. The molecule has 1 aliphatic heterocycles. The highest BCUT2D eigenvalue weighted by Crippen LogP contribution is 2.48. The Morgan fingerprint density at radius 3 is 2.24 bits per heavy atom. The molecule has 0 aliphatic carbocycles. The van der Waals surface area contributed by atoms with Crippen molar-refractivity contribution in [3.05, 3.63) is 54.6 Å². The normalized spacial score (nSPS) is 18.2. The largest absolute Gasteiger partial charge is 0.498 e. The minimum absolute atomic E-state index is 0.444. The zero-order valence-corrected chi connectivity index (χ0v) is 20.1. The quantitative estimate of drug-likeness (QED) is 0.235. The summed E-state index contributed by atoms with van der Waals surface area (Å²) in [6, 6.07) is 19.0. The van der Waals surface area contributed by atoms with Crippen molar-refractivity contribution in [2.45, 2.75) is 38.9 Å². The summed E-state index contributed by atoms with van der Waals surface area (Å²) in [5.74, 6) is 0. The first-order chi connectivity index (χ1) is 16.3. The van der Waals surface area contributed by atoms with Crippen LogP contribution in [0.2, 0.25) is 0 Å². The van der Waals surface area contributed by atoms with E-state index in [2.05, 4.69) is 70.2 Å². The zero-order chi connectivity index (χ0) is 23.0. The second kappa shape index (κ2) is 5.95. The molecule has 4 nitrogen and oxygen atoms in total. The number of hydrogen-bond acceptors (Lipinski definition) is 5. The maximum Gasteiger partial charge on any atom is 0.498 e. The van der Waals surface area contributed by atoms with E-state index in [4.69, 9.17) is 18.1 Å². The first-order valence-corrected chi connectivity index (χ1v) is 12.4. The highest BCUT2D eigenvalue weighted by Gasteiger charge is 2.52. The Hall–Kier alpha value is -3.06. The molecule has 4 aromatic carbocycles. The molecular weight excluding hydrogens is 443 g/mol. The molecule has 166 valence electrons. The van der Waals surface area contributed by atoms with E-state index in [-0.39, 0.29) is 0 Å². The first-order valence-electron chi connectivity index (χ1n) is 11.6. The Morgan fingerprint density at radius 2 is 1.41 bits per heavy atom. The van der Waals surface area contributed by atoms with Crippen LogP contribution in [0.25, 0.3) is 64.0 Å². The maximum absolute atomic E-state index is 6.95. The summed E-state index contributed by atoms with van der Waals surface area (Å²) in [5, 5.41) is 6.74. The Labute approximate surface area is 199 Å². The number of hydrogen-bond donors (Lipinski definition) is 0. The van der Waals surface area contributed by atoms with Crippen molar-refractivity contribution in [1.29, 1.82) is 0 Å².